The average molecular weight is 406 g/mol. The van der Waals surface area contributed by atoms with Crippen LogP contribution in [0.15, 0.2) is 84.9 Å². The van der Waals surface area contributed by atoms with Crippen LogP contribution in [0, 0.1) is 0 Å². The van der Waals surface area contributed by atoms with Crippen molar-refractivity contribution in [3.8, 4) is 11.1 Å². The second-order valence-electron chi connectivity index (χ2n) is 8.71. The van der Waals surface area contributed by atoms with Crippen molar-refractivity contribution in [3.05, 3.63) is 96.1 Å². The Morgan fingerprint density at radius 1 is 0.700 bits per heavy atom. The Morgan fingerprint density at radius 3 is 2.33 bits per heavy atom. The molecule has 1 aliphatic carbocycles. The fourth-order valence-electron chi connectivity index (χ4n) is 5.04. The maximum Gasteiger partial charge on any atom is 0.0592 e. The van der Waals surface area contributed by atoms with E-state index in [1.165, 1.54) is 53.8 Å². The Kier molecular flexibility index (Phi) is 3.66. The van der Waals surface area contributed by atoms with Gasteiger partial charge in [0.05, 0.1) is 10.4 Å². The molecule has 0 unspecified atom stereocenters. The second kappa shape index (κ2) is 6.20. The highest BCUT2D eigenvalue weighted by atomic mass is 32.1. The molecule has 1 nitrogen and oxygen atoms in total. The summed E-state index contributed by atoms with van der Waals surface area (Å²) in [4.78, 5) is 2.34. The molecule has 0 saturated carbocycles. The van der Waals surface area contributed by atoms with Gasteiger partial charge >= 0.3 is 0 Å². The quantitative estimate of drug-likeness (QED) is 0.286. The van der Waals surface area contributed by atoms with Crippen LogP contribution in [-0.4, -0.2) is 7.05 Å². The molecule has 6 rings (SSSR count). The lowest BCUT2D eigenvalue weighted by Gasteiger charge is -2.25. The molecule has 30 heavy (non-hydrogen) atoms. The summed E-state index contributed by atoms with van der Waals surface area (Å²) in [6, 6.07) is 31.2. The molecule has 146 valence electrons. The number of hydrogen-bond acceptors (Lipinski definition) is 2. The predicted octanol–water partition coefficient (Wildman–Crippen LogP) is 8.13. The van der Waals surface area contributed by atoms with Crippen molar-refractivity contribution < 1.29 is 0 Å². The highest BCUT2D eigenvalue weighted by Gasteiger charge is 2.35. The largest absolute Gasteiger partial charge is 0.343 e. The summed E-state index contributed by atoms with van der Waals surface area (Å²) < 4.78 is 2.70. The van der Waals surface area contributed by atoms with Gasteiger partial charge in [0.15, 0.2) is 0 Å². The number of hydrogen-bond donors (Lipinski definition) is 0. The van der Waals surface area contributed by atoms with E-state index in [1.807, 2.05) is 11.3 Å². The van der Waals surface area contributed by atoms with Crippen molar-refractivity contribution in [1.29, 1.82) is 0 Å². The second-order valence-corrected chi connectivity index (χ2v) is 9.76. The molecule has 5 aromatic rings. The fourth-order valence-corrected chi connectivity index (χ4v) is 6.29. The molecule has 0 fully saturated rings. The van der Waals surface area contributed by atoms with Crippen molar-refractivity contribution in [1.82, 2.24) is 0 Å². The third kappa shape index (κ3) is 2.34. The molecule has 2 heteroatoms. The zero-order valence-electron chi connectivity index (χ0n) is 17.4. The summed E-state index contributed by atoms with van der Waals surface area (Å²) >= 11 is 1.88. The van der Waals surface area contributed by atoms with Gasteiger partial charge < -0.3 is 4.90 Å². The summed E-state index contributed by atoms with van der Waals surface area (Å²) in [5, 5.41) is 2.69. The van der Waals surface area contributed by atoms with E-state index in [1.54, 1.807) is 0 Å². The molecule has 0 N–H and O–H groups in total. The van der Waals surface area contributed by atoms with Gasteiger partial charge in [-0.25, -0.2) is 0 Å². The van der Waals surface area contributed by atoms with Gasteiger partial charge in [0.1, 0.15) is 0 Å². The van der Waals surface area contributed by atoms with Crippen LogP contribution in [0.3, 0.4) is 0 Å². The van der Waals surface area contributed by atoms with Crippen LogP contribution < -0.4 is 4.90 Å². The van der Waals surface area contributed by atoms with Crippen molar-refractivity contribution >= 4 is 42.9 Å². The molecular formula is C28H23NS. The summed E-state index contributed by atoms with van der Waals surface area (Å²) in [7, 11) is 2.19. The predicted molar refractivity (Wildman–Crippen MR) is 131 cm³/mol. The fraction of sp³-hybridized carbons (Fsp3) is 0.143. The van der Waals surface area contributed by atoms with Crippen LogP contribution in [0.4, 0.5) is 11.4 Å². The minimum Gasteiger partial charge on any atom is -0.343 e. The molecule has 0 aliphatic heterocycles. The van der Waals surface area contributed by atoms with Crippen molar-refractivity contribution in [2.75, 3.05) is 11.9 Å². The molecule has 1 aliphatic rings. The van der Waals surface area contributed by atoms with Crippen LogP contribution in [0.25, 0.3) is 31.3 Å². The van der Waals surface area contributed by atoms with E-state index < -0.39 is 0 Å². The first-order valence-electron chi connectivity index (χ1n) is 10.4. The molecule has 0 bridgehead atoms. The van der Waals surface area contributed by atoms with Gasteiger partial charge in [0.2, 0.25) is 0 Å². The maximum absolute atomic E-state index is 2.39. The standard InChI is InChI=1S/C28H23NS/c1-28(2)23-12-6-4-9-19(23)20-16-15-18(17-24(20)28)29(3)25-13-8-11-22-21-10-5-7-14-26(21)30-27(22)25/h4-17H,1-3H3. The Morgan fingerprint density at radius 2 is 1.43 bits per heavy atom. The first kappa shape index (κ1) is 17.7. The molecule has 0 saturated heterocycles. The summed E-state index contributed by atoms with van der Waals surface area (Å²) in [6.07, 6.45) is 0. The topological polar surface area (TPSA) is 3.24 Å². The molecular weight excluding hydrogens is 382 g/mol. The highest BCUT2D eigenvalue weighted by Crippen LogP contribution is 2.50. The minimum atomic E-state index is 0.0202. The lowest BCUT2D eigenvalue weighted by molar-refractivity contribution is 0.660. The lowest BCUT2D eigenvalue weighted by Crippen LogP contribution is -2.16. The van der Waals surface area contributed by atoms with Crippen LogP contribution in [0.1, 0.15) is 25.0 Å². The number of fused-ring (bicyclic) bond motifs is 6. The third-order valence-electron chi connectivity index (χ3n) is 6.70. The molecule has 4 aromatic carbocycles. The van der Waals surface area contributed by atoms with Gasteiger partial charge in [0, 0.05) is 33.6 Å². The van der Waals surface area contributed by atoms with E-state index in [4.69, 9.17) is 0 Å². The number of rotatable bonds is 2. The highest BCUT2D eigenvalue weighted by molar-refractivity contribution is 7.26. The molecule has 0 radical (unpaired) electrons. The number of anilines is 2. The molecule has 1 heterocycles. The van der Waals surface area contributed by atoms with E-state index in [0.29, 0.717) is 0 Å². The molecule has 1 aromatic heterocycles. The molecule has 0 atom stereocenters. The first-order chi connectivity index (χ1) is 14.6. The Bertz CT molecular complexity index is 1440. The van der Waals surface area contributed by atoms with E-state index in [0.717, 1.165) is 0 Å². The zero-order valence-corrected chi connectivity index (χ0v) is 18.3. The van der Waals surface area contributed by atoms with E-state index >= 15 is 0 Å². The Hall–Kier alpha value is -3.10. The number of thiophene rings is 1. The number of benzene rings is 4. The van der Waals surface area contributed by atoms with Crippen molar-refractivity contribution in [3.63, 3.8) is 0 Å². The van der Waals surface area contributed by atoms with Crippen molar-refractivity contribution in [2.45, 2.75) is 19.3 Å². The van der Waals surface area contributed by atoms with Gasteiger partial charge in [-0.05, 0) is 46.5 Å². The smallest absolute Gasteiger partial charge is 0.0592 e. The third-order valence-corrected chi connectivity index (χ3v) is 7.91. The number of nitrogens with zero attached hydrogens (tertiary/aromatic N) is 1. The normalized spacial score (nSPS) is 14.1. The van der Waals surface area contributed by atoms with E-state index in [2.05, 4.69) is 111 Å². The van der Waals surface area contributed by atoms with Crippen LogP contribution in [0.5, 0.6) is 0 Å². The summed E-state index contributed by atoms with van der Waals surface area (Å²) in [6.45, 7) is 4.68. The lowest BCUT2D eigenvalue weighted by atomic mass is 9.82. The molecule has 0 amide bonds. The van der Waals surface area contributed by atoms with Gasteiger partial charge in [-0.1, -0.05) is 74.5 Å². The van der Waals surface area contributed by atoms with Crippen LogP contribution in [-0.2, 0) is 5.41 Å². The zero-order chi connectivity index (χ0) is 20.5. The van der Waals surface area contributed by atoms with E-state index in [9.17, 15) is 0 Å². The van der Waals surface area contributed by atoms with Gasteiger partial charge in [0.25, 0.3) is 0 Å². The monoisotopic (exact) mass is 405 g/mol. The Balaban J connectivity index is 1.51. The van der Waals surface area contributed by atoms with Crippen LogP contribution >= 0.6 is 11.3 Å². The summed E-state index contributed by atoms with van der Waals surface area (Å²) in [5.41, 5.74) is 8.10. The van der Waals surface area contributed by atoms with E-state index in [-0.39, 0.29) is 5.41 Å². The minimum absolute atomic E-state index is 0.0202. The molecule has 0 spiro atoms. The Labute approximate surface area is 181 Å². The van der Waals surface area contributed by atoms with Gasteiger partial charge in [-0.2, -0.15) is 0 Å². The van der Waals surface area contributed by atoms with Crippen LogP contribution in [0.2, 0.25) is 0 Å². The van der Waals surface area contributed by atoms with Gasteiger partial charge in [-0.3, -0.25) is 0 Å². The first-order valence-corrected chi connectivity index (χ1v) is 11.3. The summed E-state index contributed by atoms with van der Waals surface area (Å²) in [5.74, 6) is 0. The maximum atomic E-state index is 2.39. The van der Waals surface area contributed by atoms with Gasteiger partial charge in [-0.15, -0.1) is 11.3 Å². The average Bonchev–Trinajstić information content (AvgIpc) is 3.27. The SMILES string of the molecule is CN(c1ccc2c(c1)C(C)(C)c1ccccc1-2)c1cccc2c1sc1ccccc12. The van der Waals surface area contributed by atoms with Crippen molar-refractivity contribution in [2.24, 2.45) is 0 Å².